The summed E-state index contributed by atoms with van der Waals surface area (Å²) in [5, 5.41) is 23.2. The molecule has 4 aliphatic rings. The first-order valence-electron chi connectivity index (χ1n) is 13.2. The van der Waals surface area contributed by atoms with E-state index in [1.807, 2.05) is 43.3 Å². The van der Waals surface area contributed by atoms with Gasteiger partial charge < -0.3 is 14.9 Å². The van der Waals surface area contributed by atoms with Crippen LogP contribution < -0.4 is 0 Å². The standard InChI is InChI=1S/C30H36O6/c1-28-14-12-21(31)16-20(28)9-10-22-23-13-15-30(35,29(23,2)17-24(32)27(22)28)25(33)18-36-26(34)11-8-19-6-4-3-5-7-19/h3-7,12,14,16,22-24,27,32,35H,8-11,13,15,17-18H2,1-2H3/t22-,23-,24-,27+,28-,29-,30-/m0/s1. The van der Waals surface area contributed by atoms with E-state index >= 15 is 0 Å². The van der Waals surface area contributed by atoms with Crippen molar-refractivity contribution < 1.29 is 29.3 Å². The lowest BCUT2D eigenvalue weighted by Crippen LogP contribution is -2.61. The molecule has 0 radical (unpaired) electrons. The van der Waals surface area contributed by atoms with Crippen molar-refractivity contribution in [1.29, 1.82) is 0 Å². The number of ketones is 2. The Labute approximate surface area is 212 Å². The first kappa shape index (κ1) is 25.1. The van der Waals surface area contributed by atoms with Gasteiger partial charge in [0.25, 0.3) is 0 Å². The molecule has 36 heavy (non-hydrogen) atoms. The molecule has 5 rings (SSSR count). The topological polar surface area (TPSA) is 101 Å². The van der Waals surface area contributed by atoms with Crippen LogP contribution in [0.4, 0.5) is 0 Å². The molecule has 7 atom stereocenters. The smallest absolute Gasteiger partial charge is 0.306 e. The number of hydrogen-bond acceptors (Lipinski definition) is 6. The predicted molar refractivity (Wildman–Crippen MR) is 134 cm³/mol. The maximum atomic E-state index is 13.3. The van der Waals surface area contributed by atoms with Crippen LogP contribution in [-0.4, -0.2) is 46.1 Å². The number of benzene rings is 1. The van der Waals surface area contributed by atoms with E-state index in [9.17, 15) is 24.6 Å². The molecule has 3 saturated carbocycles. The first-order valence-corrected chi connectivity index (χ1v) is 13.2. The molecule has 2 N–H and O–H groups in total. The highest BCUT2D eigenvalue weighted by Gasteiger charge is 2.68. The third kappa shape index (κ3) is 3.90. The summed E-state index contributed by atoms with van der Waals surface area (Å²) in [7, 11) is 0. The average Bonchev–Trinajstić information content (AvgIpc) is 3.13. The average molecular weight is 493 g/mol. The summed E-state index contributed by atoms with van der Waals surface area (Å²) in [6.07, 6.45) is 8.15. The Hall–Kier alpha value is -2.57. The first-order chi connectivity index (χ1) is 17.1. The fourth-order valence-electron chi connectivity index (χ4n) is 8.02. The number of fused-ring (bicyclic) bond motifs is 5. The van der Waals surface area contributed by atoms with Gasteiger partial charge in [0.05, 0.1) is 6.10 Å². The fraction of sp³-hybridized carbons (Fsp3) is 0.567. The monoisotopic (exact) mass is 492 g/mol. The minimum Gasteiger partial charge on any atom is -0.458 e. The summed E-state index contributed by atoms with van der Waals surface area (Å²) >= 11 is 0. The molecule has 0 amide bonds. The van der Waals surface area contributed by atoms with Gasteiger partial charge >= 0.3 is 5.97 Å². The summed E-state index contributed by atoms with van der Waals surface area (Å²) in [6.45, 7) is 3.57. The SMILES string of the molecule is C[C@]12C=CC(=O)C=C1CC[C@@H]1[C@@H]2[C@@H](O)C[C@@]2(C)[C@H]1CC[C@]2(O)C(=O)COC(=O)CCc1ccccc1. The zero-order valence-corrected chi connectivity index (χ0v) is 21.1. The van der Waals surface area contributed by atoms with Crippen LogP contribution in [0.5, 0.6) is 0 Å². The molecule has 1 aromatic rings. The van der Waals surface area contributed by atoms with Gasteiger partial charge in [0.15, 0.2) is 12.4 Å². The number of hydrogen-bond donors (Lipinski definition) is 2. The van der Waals surface area contributed by atoms with E-state index < -0.39 is 40.9 Å². The molecule has 192 valence electrons. The van der Waals surface area contributed by atoms with Crippen molar-refractivity contribution in [2.45, 2.75) is 70.5 Å². The van der Waals surface area contributed by atoms with Crippen molar-refractivity contribution in [1.82, 2.24) is 0 Å². The molecular weight excluding hydrogens is 456 g/mol. The van der Waals surface area contributed by atoms with Crippen LogP contribution in [0, 0.1) is 28.6 Å². The number of aliphatic hydroxyl groups is 2. The van der Waals surface area contributed by atoms with Gasteiger partial charge in [0.1, 0.15) is 5.60 Å². The number of rotatable bonds is 6. The third-order valence-electron chi connectivity index (χ3n) is 9.93. The molecular formula is C30H36O6. The van der Waals surface area contributed by atoms with E-state index in [2.05, 4.69) is 6.92 Å². The van der Waals surface area contributed by atoms with Crippen LogP contribution in [0.15, 0.2) is 54.1 Å². The molecule has 0 unspecified atom stereocenters. The molecule has 1 aromatic carbocycles. The molecule has 6 nitrogen and oxygen atoms in total. The Morgan fingerprint density at radius 1 is 1.14 bits per heavy atom. The number of Topliss-reactive ketones (excluding diaryl/α,β-unsaturated/α-hetero) is 1. The van der Waals surface area contributed by atoms with Crippen LogP contribution in [0.25, 0.3) is 0 Å². The quantitative estimate of drug-likeness (QED) is 0.587. The Kier molecular flexibility index (Phi) is 6.32. The van der Waals surface area contributed by atoms with Crippen LogP contribution >= 0.6 is 0 Å². The second kappa shape index (κ2) is 9.07. The van der Waals surface area contributed by atoms with E-state index in [1.54, 1.807) is 12.2 Å². The number of ether oxygens (including phenoxy) is 1. The van der Waals surface area contributed by atoms with Gasteiger partial charge in [0.2, 0.25) is 5.78 Å². The number of aliphatic hydroxyl groups excluding tert-OH is 1. The predicted octanol–water partition coefficient (Wildman–Crippen LogP) is 3.74. The molecule has 3 fully saturated rings. The van der Waals surface area contributed by atoms with E-state index in [1.165, 1.54) is 0 Å². The molecule has 0 bridgehead atoms. The van der Waals surface area contributed by atoms with Crippen LogP contribution in [0.3, 0.4) is 0 Å². The van der Waals surface area contributed by atoms with Gasteiger partial charge in [-0.2, -0.15) is 0 Å². The summed E-state index contributed by atoms with van der Waals surface area (Å²) in [5.41, 5.74) is -0.736. The summed E-state index contributed by atoms with van der Waals surface area (Å²) < 4.78 is 5.30. The summed E-state index contributed by atoms with van der Waals surface area (Å²) in [4.78, 5) is 37.6. The lowest BCUT2D eigenvalue weighted by atomic mass is 9.46. The van der Waals surface area contributed by atoms with Gasteiger partial charge in [-0.3, -0.25) is 14.4 Å². The molecule has 0 aliphatic heterocycles. The van der Waals surface area contributed by atoms with Crippen LogP contribution in [-0.2, 0) is 25.5 Å². The lowest BCUT2D eigenvalue weighted by molar-refractivity contribution is -0.181. The summed E-state index contributed by atoms with van der Waals surface area (Å²) in [5.74, 6) is -0.801. The largest absolute Gasteiger partial charge is 0.458 e. The number of esters is 1. The van der Waals surface area contributed by atoms with E-state index in [0.29, 0.717) is 25.7 Å². The van der Waals surface area contributed by atoms with E-state index in [-0.39, 0.29) is 30.0 Å². The Balaban J connectivity index is 1.28. The van der Waals surface area contributed by atoms with Crippen molar-refractivity contribution in [3.05, 3.63) is 59.7 Å². The van der Waals surface area contributed by atoms with Crippen molar-refractivity contribution in [2.75, 3.05) is 6.61 Å². The van der Waals surface area contributed by atoms with Gasteiger partial charge in [-0.1, -0.05) is 55.8 Å². The van der Waals surface area contributed by atoms with Gasteiger partial charge in [0, 0.05) is 23.2 Å². The van der Waals surface area contributed by atoms with Crippen LogP contribution in [0.2, 0.25) is 0 Å². The maximum absolute atomic E-state index is 13.3. The molecule has 0 aromatic heterocycles. The highest BCUT2D eigenvalue weighted by Crippen LogP contribution is 2.67. The summed E-state index contributed by atoms with van der Waals surface area (Å²) in [6, 6.07) is 9.61. The second-order valence-electron chi connectivity index (χ2n) is 11.7. The molecule has 0 saturated heterocycles. The van der Waals surface area contributed by atoms with Crippen molar-refractivity contribution in [3.63, 3.8) is 0 Å². The third-order valence-corrected chi connectivity index (χ3v) is 9.93. The maximum Gasteiger partial charge on any atom is 0.306 e. The second-order valence-corrected chi connectivity index (χ2v) is 11.7. The molecule has 6 heteroatoms. The number of aryl methyl sites for hydroxylation is 1. The van der Waals surface area contributed by atoms with Gasteiger partial charge in [-0.05, 0) is 68.1 Å². The number of carbonyl (C=O) groups excluding carboxylic acids is 3. The Bertz CT molecular complexity index is 1120. The van der Waals surface area contributed by atoms with Crippen molar-refractivity contribution in [3.8, 4) is 0 Å². The van der Waals surface area contributed by atoms with Gasteiger partial charge in [-0.15, -0.1) is 0 Å². The zero-order chi connectivity index (χ0) is 25.7. The molecule has 4 aliphatic carbocycles. The molecule has 0 spiro atoms. The molecule has 0 heterocycles. The van der Waals surface area contributed by atoms with E-state index in [4.69, 9.17) is 4.74 Å². The van der Waals surface area contributed by atoms with Crippen LogP contribution in [0.1, 0.15) is 57.9 Å². The number of carbonyl (C=O) groups is 3. The zero-order valence-electron chi connectivity index (χ0n) is 21.1. The normalized spacial score (nSPS) is 39.0. The highest BCUT2D eigenvalue weighted by molar-refractivity contribution is 6.01. The van der Waals surface area contributed by atoms with E-state index in [0.717, 1.165) is 24.0 Å². The Morgan fingerprint density at radius 2 is 1.89 bits per heavy atom. The Morgan fingerprint density at radius 3 is 2.64 bits per heavy atom. The highest BCUT2D eigenvalue weighted by atomic mass is 16.5. The van der Waals surface area contributed by atoms with Gasteiger partial charge in [-0.25, -0.2) is 0 Å². The van der Waals surface area contributed by atoms with Crippen molar-refractivity contribution in [2.24, 2.45) is 28.6 Å². The van der Waals surface area contributed by atoms with Crippen molar-refractivity contribution >= 4 is 17.5 Å². The minimum absolute atomic E-state index is 0.00443. The number of allylic oxidation sites excluding steroid dienone is 4. The lowest BCUT2D eigenvalue weighted by Gasteiger charge is -2.59. The fourth-order valence-corrected chi connectivity index (χ4v) is 8.02. The minimum atomic E-state index is -1.64.